The Labute approximate surface area is 112 Å². The highest BCUT2D eigenvalue weighted by Gasteiger charge is 2.33. The van der Waals surface area contributed by atoms with Crippen molar-refractivity contribution in [2.75, 3.05) is 14.2 Å². The number of hydrogen-bond donors (Lipinski definition) is 1. The van der Waals surface area contributed by atoms with E-state index in [0.717, 1.165) is 4.31 Å². The smallest absolute Gasteiger partial charge is 0.321 e. The number of carboxylic acids is 1. The van der Waals surface area contributed by atoms with Gasteiger partial charge in [0.1, 0.15) is 16.7 Å². The number of likely N-dealkylation sites (N-methyl/N-ethyl adjacent to an activating group) is 1. The van der Waals surface area contributed by atoms with Crippen LogP contribution in [0.25, 0.3) is 0 Å². The van der Waals surface area contributed by atoms with Crippen molar-refractivity contribution in [2.45, 2.75) is 24.3 Å². The molecule has 1 aromatic rings. The molecule has 0 aliphatic carbocycles. The Bertz CT molecular complexity index is 555. The number of aliphatic carboxylic acids is 1. The average molecular weight is 287 g/mol. The number of para-hydroxylation sites is 1. The molecule has 0 amide bonds. The molecule has 0 saturated heterocycles. The maximum absolute atomic E-state index is 12.4. The molecule has 7 heteroatoms. The van der Waals surface area contributed by atoms with Crippen LogP contribution in [0.1, 0.15) is 13.3 Å². The lowest BCUT2D eigenvalue weighted by molar-refractivity contribution is -0.141. The molecule has 0 bridgehead atoms. The first-order chi connectivity index (χ1) is 8.86. The standard InChI is InChI=1S/C12H17NO5S/c1-4-9(12(14)15)13(2)19(16,17)11-8-6-5-7-10(11)18-3/h5-9H,4H2,1-3H3,(H,14,15). The second-order valence-electron chi connectivity index (χ2n) is 3.93. The summed E-state index contributed by atoms with van der Waals surface area (Å²) in [6, 6.07) is 5.01. The van der Waals surface area contributed by atoms with Gasteiger partial charge in [-0.1, -0.05) is 19.1 Å². The van der Waals surface area contributed by atoms with Gasteiger partial charge >= 0.3 is 5.97 Å². The molecule has 1 rings (SSSR count). The minimum atomic E-state index is -3.91. The molecule has 0 spiro atoms. The summed E-state index contributed by atoms with van der Waals surface area (Å²) >= 11 is 0. The van der Waals surface area contributed by atoms with Crippen LogP contribution in [0.15, 0.2) is 29.2 Å². The maximum Gasteiger partial charge on any atom is 0.321 e. The van der Waals surface area contributed by atoms with Crippen molar-refractivity contribution in [2.24, 2.45) is 0 Å². The number of carboxylic acid groups (broad SMARTS) is 1. The molecule has 0 aliphatic heterocycles. The first kappa shape index (κ1) is 15.5. The van der Waals surface area contributed by atoms with Crippen molar-refractivity contribution in [3.05, 3.63) is 24.3 Å². The fourth-order valence-electron chi connectivity index (χ4n) is 1.74. The highest BCUT2D eigenvalue weighted by molar-refractivity contribution is 7.89. The second kappa shape index (κ2) is 6.03. The monoisotopic (exact) mass is 287 g/mol. The molecule has 0 fully saturated rings. The number of benzene rings is 1. The minimum absolute atomic E-state index is 0.0419. The molecule has 1 unspecified atom stereocenters. The summed E-state index contributed by atoms with van der Waals surface area (Å²) in [6.45, 7) is 1.62. The summed E-state index contributed by atoms with van der Waals surface area (Å²) < 4.78 is 30.7. The van der Waals surface area contributed by atoms with Crippen molar-refractivity contribution in [3.8, 4) is 5.75 Å². The Kier molecular flexibility index (Phi) is 4.90. The van der Waals surface area contributed by atoms with Crippen LogP contribution in [-0.4, -0.2) is 44.0 Å². The number of methoxy groups -OCH3 is 1. The first-order valence-electron chi connectivity index (χ1n) is 5.70. The van der Waals surface area contributed by atoms with Crippen molar-refractivity contribution < 1.29 is 23.1 Å². The summed E-state index contributed by atoms with van der Waals surface area (Å²) in [5, 5.41) is 9.04. The van der Waals surface area contributed by atoms with Gasteiger partial charge < -0.3 is 9.84 Å². The van der Waals surface area contributed by atoms with Crippen LogP contribution >= 0.6 is 0 Å². The number of rotatable bonds is 6. The van der Waals surface area contributed by atoms with Gasteiger partial charge in [-0.3, -0.25) is 4.79 Å². The van der Waals surface area contributed by atoms with Gasteiger partial charge in [0.05, 0.1) is 7.11 Å². The summed E-state index contributed by atoms with van der Waals surface area (Å²) in [4.78, 5) is 11.0. The molecule has 0 aliphatic rings. The molecule has 1 aromatic carbocycles. The average Bonchev–Trinajstić information content (AvgIpc) is 2.38. The number of ether oxygens (including phenoxy) is 1. The van der Waals surface area contributed by atoms with Gasteiger partial charge in [-0.05, 0) is 18.6 Å². The molecule has 1 N–H and O–H groups in total. The molecule has 0 heterocycles. The summed E-state index contributed by atoms with van der Waals surface area (Å²) in [5.74, 6) is -0.988. The molecule has 6 nitrogen and oxygen atoms in total. The van der Waals surface area contributed by atoms with E-state index < -0.39 is 22.0 Å². The lowest BCUT2D eigenvalue weighted by atomic mass is 10.2. The highest BCUT2D eigenvalue weighted by atomic mass is 32.2. The van der Waals surface area contributed by atoms with Gasteiger partial charge in [0.25, 0.3) is 0 Å². The van der Waals surface area contributed by atoms with Gasteiger partial charge in [-0.15, -0.1) is 0 Å². The zero-order valence-electron chi connectivity index (χ0n) is 11.0. The normalized spacial score (nSPS) is 13.3. The van der Waals surface area contributed by atoms with Crippen LogP contribution < -0.4 is 4.74 Å². The molecule has 19 heavy (non-hydrogen) atoms. The van der Waals surface area contributed by atoms with Crippen LogP contribution in [0.3, 0.4) is 0 Å². The van der Waals surface area contributed by atoms with Gasteiger partial charge in [0.15, 0.2) is 0 Å². The van der Waals surface area contributed by atoms with E-state index in [1.165, 1.54) is 26.3 Å². The number of carbonyl (C=O) groups is 1. The summed E-state index contributed by atoms with van der Waals surface area (Å²) in [5.41, 5.74) is 0. The van der Waals surface area contributed by atoms with Crippen LogP contribution in [0, 0.1) is 0 Å². The van der Waals surface area contributed by atoms with Crippen LogP contribution in [0.4, 0.5) is 0 Å². The van der Waals surface area contributed by atoms with Gasteiger partial charge in [0.2, 0.25) is 10.0 Å². The summed E-state index contributed by atoms with van der Waals surface area (Å²) in [6.07, 6.45) is 0.181. The predicted molar refractivity (Wildman–Crippen MR) is 69.7 cm³/mol. The third-order valence-electron chi connectivity index (χ3n) is 2.84. The van der Waals surface area contributed by atoms with Gasteiger partial charge in [-0.25, -0.2) is 8.42 Å². The van der Waals surface area contributed by atoms with Crippen molar-refractivity contribution in [1.82, 2.24) is 4.31 Å². The lowest BCUT2D eigenvalue weighted by Crippen LogP contribution is -2.41. The second-order valence-corrected chi connectivity index (χ2v) is 5.90. The fourth-order valence-corrected chi connectivity index (χ4v) is 3.28. The van der Waals surface area contributed by atoms with E-state index >= 15 is 0 Å². The lowest BCUT2D eigenvalue weighted by Gasteiger charge is -2.23. The van der Waals surface area contributed by atoms with Crippen molar-refractivity contribution in [1.29, 1.82) is 0 Å². The number of nitrogens with zero attached hydrogens (tertiary/aromatic N) is 1. The third-order valence-corrected chi connectivity index (χ3v) is 4.74. The number of sulfonamides is 1. The van der Waals surface area contributed by atoms with E-state index in [0.29, 0.717) is 0 Å². The topological polar surface area (TPSA) is 83.9 Å². The molecule has 0 aromatic heterocycles. The fraction of sp³-hybridized carbons (Fsp3) is 0.417. The Balaban J connectivity index is 3.27. The highest BCUT2D eigenvalue weighted by Crippen LogP contribution is 2.27. The first-order valence-corrected chi connectivity index (χ1v) is 7.14. The van der Waals surface area contributed by atoms with E-state index in [9.17, 15) is 13.2 Å². The van der Waals surface area contributed by atoms with Gasteiger partial charge in [-0.2, -0.15) is 4.31 Å². The summed E-state index contributed by atoms with van der Waals surface area (Å²) in [7, 11) is -1.29. The van der Waals surface area contributed by atoms with E-state index in [2.05, 4.69) is 0 Å². The largest absolute Gasteiger partial charge is 0.495 e. The van der Waals surface area contributed by atoms with Gasteiger partial charge in [0, 0.05) is 7.05 Å². The molecular weight excluding hydrogens is 270 g/mol. The van der Waals surface area contributed by atoms with E-state index in [1.807, 2.05) is 0 Å². The predicted octanol–water partition coefficient (Wildman–Crippen LogP) is 1.18. The van der Waals surface area contributed by atoms with Crippen molar-refractivity contribution in [3.63, 3.8) is 0 Å². The number of hydrogen-bond acceptors (Lipinski definition) is 4. The van der Waals surface area contributed by atoms with Crippen LogP contribution in [-0.2, 0) is 14.8 Å². The molecular formula is C12H17NO5S. The molecule has 106 valence electrons. The maximum atomic E-state index is 12.4. The Morgan fingerprint density at radius 1 is 1.42 bits per heavy atom. The Hall–Kier alpha value is -1.60. The molecule has 0 saturated carbocycles. The van der Waals surface area contributed by atoms with Crippen LogP contribution in [0.2, 0.25) is 0 Å². The van der Waals surface area contributed by atoms with E-state index in [-0.39, 0.29) is 17.1 Å². The quantitative estimate of drug-likeness (QED) is 0.849. The zero-order valence-corrected chi connectivity index (χ0v) is 11.8. The van der Waals surface area contributed by atoms with Crippen LogP contribution in [0.5, 0.6) is 5.75 Å². The van der Waals surface area contributed by atoms with E-state index in [1.54, 1.807) is 19.1 Å². The molecule has 0 radical (unpaired) electrons. The van der Waals surface area contributed by atoms with E-state index in [4.69, 9.17) is 9.84 Å². The Morgan fingerprint density at radius 2 is 2.00 bits per heavy atom. The SMILES string of the molecule is CCC(C(=O)O)N(C)S(=O)(=O)c1ccccc1OC. The zero-order chi connectivity index (χ0) is 14.6. The third kappa shape index (κ3) is 3.05. The minimum Gasteiger partial charge on any atom is -0.495 e. The molecule has 1 atom stereocenters. The van der Waals surface area contributed by atoms with Crippen molar-refractivity contribution >= 4 is 16.0 Å². The Morgan fingerprint density at radius 3 is 2.47 bits per heavy atom.